The highest BCUT2D eigenvalue weighted by Crippen LogP contribution is 2.48. The van der Waals surface area contributed by atoms with E-state index in [0.717, 1.165) is 18.4 Å². The van der Waals surface area contributed by atoms with Gasteiger partial charge in [-0.2, -0.15) is 0 Å². The number of morpholine rings is 1. The molecule has 1 heterocycles. The van der Waals surface area contributed by atoms with E-state index in [4.69, 9.17) is 4.74 Å². The van der Waals surface area contributed by atoms with E-state index in [9.17, 15) is 0 Å². The lowest BCUT2D eigenvalue weighted by Crippen LogP contribution is -2.58. The molecule has 16 heavy (non-hydrogen) atoms. The van der Waals surface area contributed by atoms with Crippen LogP contribution in [0.5, 0.6) is 0 Å². The zero-order chi connectivity index (χ0) is 11.2. The first-order valence-corrected chi connectivity index (χ1v) is 7.10. The Morgan fingerprint density at radius 1 is 1.12 bits per heavy atom. The second kappa shape index (κ2) is 3.99. The Bertz CT molecular complexity index is 263. The average Bonchev–Trinajstić information content (AvgIpc) is 3.08. The monoisotopic (exact) mass is 223 g/mol. The summed E-state index contributed by atoms with van der Waals surface area (Å²) in [4.78, 5) is 0. The van der Waals surface area contributed by atoms with Gasteiger partial charge in [0.15, 0.2) is 0 Å². The fourth-order valence-corrected chi connectivity index (χ4v) is 3.66. The summed E-state index contributed by atoms with van der Waals surface area (Å²) >= 11 is 0. The fourth-order valence-electron chi connectivity index (χ4n) is 3.66. The third kappa shape index (κ3) is 2.02. The molecule has 92 valence electrons. The molecule has 2 nitrogen and oxygen atoms in total. The van der Waals surface area contributed by atoms with Crippen molar-refractivity contribution in [2.75, 3.05) is 6.54 Å². The molecular formula is C14H25NO. The summed E-state index contributed by atoms with van der Waals surface area (Å²) in [7, 11) is 0. The zero-order valence-corrected chi connectivity index (χ0v) is 10.7. The Morgan fingerprint density at radius 2 is 1.94 bits per heavy atom. The van der Waals surface area contributed by atoms with Crippen molar-refractivity contribution in [1.29, 1.82) is 0 Å². The van der Waals surface area contributed by atoms with Crippen LogP contribution >= 0.6 is 0 Å². The van der Waals surface area contributed by atoms with Gasteiger partial charge >= 0.3 is 0 Å². The first-order chi connectivity index (χ1) is 7.69. The molecule has 0 radical (unpaired) electrons. The smallest absolute Gasteiger partial charge is 0.0813 e. The van der Waals surface area contributed by atoms with Gasteiger partial charge in [-0.3, -0.25) is 0 Å². The van der Waals surface area contributed by atoms with E-state index < -0.39 is 0 Å². The molecule has 0 aromatic heterocycles. The Hall–Kier alpha value is -0.0800. The van der Waals surface area contributed by atoms with Gasteiger partial charge in [-0.25, -0.2) is 0 Å². The minimum Gasteiger partial charge on any atom is -0.369 e. The highest BCUT2D eigenvalue weighted by atomic mass is 16.5. The molecule has 2 aliphatic carbocycles. The van der Waals surface area contributed by atoms with Gasteiger partial charge in [-0.15, -0.1) is 0 Å². The molecule has 4 atom stereocenters. The maximum atomic E-state index is 6.37. The van der Waals surface area contributed by atoms with Crippen LogP contribution in [0.1, 0.15) is 52.4 Å². The second-order valence-electron chi connectivity index (χ2n) is 6.37. The molecule has 0 aromatic rings. The summed E-state index contributed by atoms with van der Waals surface area (Å²) in [5.74, 6) is 2.02. The van der Waals surface area contributed by atoms with Gasteiger partial charge in [0.1, 0.15) is 0 Å². The lowest BCUT2D eigenvalue weighted by Gasteiger charge is -2.48. The van der Waals surface area contributed by atoms with Crippen LogP contribution in [0.15, 0.2) is 0 Å². The molecule has 4 unspecified atom stereocenters. The van der Waals surface area contributed by atoms with Gasteiger partial charge in [0.25, 0.3) is 0 Å². The zero-order valence-electron chi connectivity index (χ0n) is 10.7. The molecule has 1 saturated heterocycles. The molecule has 0 aromatic carbocycles. The van der Waals surface area contributed by atoms with Crippen molar-refractivity contribution in [3.05, 3.63) is 0 Å². The van der Waals surface area contributed by atoms with Crippen molar-refractivity contribution < 1.29 is 4.74 Å². The summed E-state index contributed by atoms with van der Waals surface area (Å²) in [5, 5.41) is 3.65. The predicted molar refractivity (Wildman–Crippen MR) is 65.4 cm³/mol. The van der Waals surface area contributed by atoms with E-state index in [1.54, 1.807) is 0 Å². The van der Waals surface area contributed by atoms with Crippen molar-refractivity contribution in [2.24, 2.45) is 11.8 Å². The van der Waals surface area contributed by atoms with Crippen LogP contribution < -0.4 is 5.32 Å². The molecule has 1 spiro atoms. The lowest BCUT2D eigenvalue weighted by molar-refractivity contribution is -0.151. The van der Waals surface area contributed by atoms with Crippen molar-refractivity contribution in [3.8, 4) is 0 Å². The first-order valence-electron chi connectivity index (χ1n) is 7.10. The molecule has 0 bridgehead atoms. The van der Waals surface area contributed by atoms with Gasteiger partial charge in [0.2, 0.25) is 0 Å². The maximum absolute atomic E-state index is 6.37. The third-order valence-electron chi connectivity index (χ3n) is 5.02. The number of hydrogen-bond acceptors (Lipinski definition) is 2. The lowest BCUT2D eigenvalue weighted by atomic mass is 9.75. The van der Waals surface area contributed by atoms with Gasteiger partial charge in [-0.1, -0.05) is 6.42 Å². The average molecular weight is 223 g/mol. The minimum absolute atomic E-state index is 0.192. The van der Waals surface area contributed by atoms with Crippen LogP contribution in [-0.2, 0) is 4.74 Å². The highest BCUT2D eigenvalue weighted by Gasteiger charge is 2.45. The number of nitrogens with one attached hydrogen (secondary N) is 1. The first kappa shape index (κ1) is 11.0. The van der Waals surface area contributed by atoms with Crippen LogP contribution in [0.2, 0.25) is 0 Å². The molecule has 2 heteroatoms. The number of ether oxygens (including phenoxy) is 1. The van der Waals surface area contributed by atoms with E-state index in [0.29, 0.717) is 12.1 Å². The maximum Gasteiger partial charge on any atom is 0.0813 e. The second-order valence-corrected chi connectivity index (χ2v) is 6.37. The highest BCUT2D eigenvalue weighted by molar-refractivity contribution is 4.98. The van der Waals surface area contributed by atoms with Crippen LogP contribution in [0.4, 0.5) is 0 Å². The molecule has 3 rings (SSSR count). The SMILES string of the molecule is CC1NCC2(CCCC(C3CC3)C2)OC1C. The Labute approximate surface area is 99.1 Å². The van der Waals surface area contributed by atoms with Crippen molar-refractivity contribution >= 4 is 0 Å². The molecule has 3 aliphatic rings. The Morgan fingerprint density at radius 3 is 2.62 bits per heavy atom. The molecule has 1 aliphatic heterocycles. The summed E-state index contributed by atoms with van der Waals surface area (Å²) in [6.07, 6.45) is 8.79. The largest absolute Gasteiger partial charge is 0.369 e. The number of rotatable bonds is 1. The standard InChI is InChI=1S/C14H25NO/c1-10-11(2)16-14(9-15-10)7-3-4-13(8-14)12-5-6-12/h10-13,15H,3-9H2,1-2H3. The van der Waals surface area contributed by atoms with Crippen LogP contribution in [-0.4, -0.2) is 24.3 Å². The topological polar surface area (TPSA) is 21.3 Å². The summed E-state index contributed by atoms with van der Waals surface area (Å²) in [6.45, 7) is 5.54. The predicted octanol–water partition coefficient (Wildman–Crippen LogP) is 2.72. The minimum atomic E-state index is 0.192. The molecule has 3 fully saturated rings. The van der Waals surface area contributed by atoms with Gasteiger partial charge in [0, 0.05) is 12.6 Å². The van der Waals surface area contributed by atoms with E-state index in [-0.39, 0.29) is 5.60 Å². The van der Waals surface area contributed by atoms with Crippen LogP contribution in [0.3, 0.4) is 0 Å². The van der Waals surface area contributed by atoms with E-state index in [1.807, 2.05) is 0 Å². The van der Waals surface area contributed by atoms with E-state index in [1.165, 1.54) is 38.5 Å². The van der Waals surface area contributed by atoms with Gasteiger partial charge in [-0.05, 0) is 57.8 Å². The Kier molecular flexibility index (Phi) is 2.75. The number of hydrogen-bond donors (Lipinski definition) is 1. The summed E-state index contributed by atoms with van der Waals surface area (Å²) in [5.41, 5.74) is 0.192. The van der Waals surface area contributed by atoms with Crippen molar-refractivity contribution in [3.63, 3.8) is 0 Å². The molecule has 0 amide bonds. The Balaban J connectivity index is 1.67. The summed E-state index contributed by atoms with van der Waals surface area (Å²) in [6, 6.07) is 0.520. The molecular weight excluding hydrogens is 198 g/mol. The van der Waals surface area contributed by atoms with Crippen LogP contribution in [0.25, 0.3) is 0 Å². The molecule has 2 saturated carbocycles. The normalized spacial score (nSPS) is 49.5. The third-order valence-corrected chi connectivity index (χ3v) is 5.02. The van der Waals surface area contributed by atoms with Gasteiger partial charge < -0.3 is 10.1 Å². The van der Waals surface area contributed by atoms with Crippen molar-refractivity contribution in [2.45, 2.75) is 70.1 Å². The quantitative estimate of drug-likeness (QED) is 0.738. The molecule has 1 N–H and O–H groups in total. The van der Waals surface area contributed by atoms with E-state index >= 15 is 0 Å². The van der Waals surface area contributed by atoms with Crippen LogP contribution in [0, 0.1) is 11.8 Å². The van der Waals surface area contributed by atoms with Crippen molar-refractivity contribution in [1.82, 2.24) is 5.32 Å². The fraction of sp³-hybridized carbons (Fsp3) is 1.00. The summed E-state index contributed by atoms with van der Waals surface area (Å²) < 4.78 is 6.37. The van der Waals surface area contributed by atoms with Gasteiger partial charge in [0.05, 0.1) is 11.7 Å². The van der Waals surface area contributed by atoms with E-state index in [2.05, 4.69) is 19.2 Å².